The normalized spacial score (nSPS) is 10.9. The summed E-state index contributed by atoms with van der Waals surface area (Å²) in [4.78, 5) is 17.6. The third-order valence-corrected chi connectivity index (χ3v) is 5.91. The molecule has 0 radical (unpaired) electrons. The van der Waals surface area contributed by atoms with E-state index in [0.29, 0.717) is 30.2 Å². The molecule has 35 heavy (non-hydrogen) atoms. The minimum atomic E-state index is -0.206. The Morgan fingerprint density at radius 2 is 1.74 bits per heavy atom. The largest absolute Gasteiger partial charge is 0.493 e. The highest BCUT2D eigenvalue weighted by Gasteiger charge is 2.14. The quantitative estimate of drug-likeness (QED) is 0.326. The zero-order chi connectivity index (χ0) is 24.8. The highest BCUT2D eigenvalue weighted by Crippen LogP contribution is 2.27. The molecule has 7 nitrogen and oxygen atoms in total. The first-order valence-electron chi connectivity index (χ1n) is 11.6. The van der Waals surface area contributed by atoms with Gasteiger partial charge in [0.25, 0.3) is 5.91 Å². The van der Waals surface area contributed by atoms with E-state index in [-0.39, 0.29) is 5.91 Å². The van der Waals surface area contributed by atoms with E-state index in [1.54, 1.807) is 32.4 Å². The van der Waals surface area contributed by atoms with Gasteiger partial charge in [0.15, 0.2) is 11.5 Å². The predicted molar refractivity (Wildman–Crippen MR) is 136 cm³/mol. The fraction of sp³-hybridized carbons (Fsp3) is 0.286. The molecule has 0 aliphatic rings. The molecular formula is C28H31N3O4. The molecule has 0 aliphatic carbocycles. The van der Waals surface area contributed by atoms with Crippen molar-refractivity contribution in [1.82, 2.24) is 14.9 Å². The van der Waals surface area contributed by atoms with Gasteiger partial charge in [-0.25, -0.2) is 4.98 Å². The number of methoxy groups -OCH3 is 2. The van der Waals surface area contributed by atoms with Gasteiger partial charge in [-0.3, -0.25) is 4.79 Å². The van der Waals surface area contributed by atoms with Crippen molar-refractivity contribution in [3.8, 4) is 17.2 Å². The molecule has 0 atom stereocenters. The number of carbonyl (C=O) groups excluding carboxylic acids is 1. The van der Waals surface area contributed by atoms with Crippen LogP contribution in [-0.2, 0) is 13.1 Å². The molecule has 0 spiro atoms. The number of nitrogens with one attached hydrogen (secondary N) is 1. The molecule has 7 heteroatoms. The first kappa shape index (κ1) is 24.1. The molecule has 0 unspecified atom stereocenters. The van der Waals surface area contributed by atoms with E-state index in [1.165, 1.54) is 5.56 Å². The van der Waals surface area contributed by atoms with Crippen LogP contribution in [0.1, 0.15) is 33.7 Å². The summed E-state index contributed by atoms with van der Waals surface area (Å²) in [5.41, 5.74) is 4.74. The van der Waals surface area contributed by atoms with Crippen LogP contribution in [0.2, 0.25) is 0 Å². The van der Waals surface area contributed by atoms with Crippen molar-refractivity contribution in [2.45, 2.75) is 33.4 Å². The number of aromatic nitrogens is 2. The van der Waals surface area contributed by atoms with Crippen molar-refractivity contribution in [3.63, 3.8) is 0 Å². The van der Waals surface area contributed by atoms with E-state index in [9.17, 15) is 4.79 Å². The lowest BCUT2D eigenvalue weighted by Crippen LogP contribution is -2.25. The monoisotopic (exact) mass is 473 g/mol. The summed E-state index contributed by atoms with van der Waals surface area (Å²) < 4.78 is 18.8. The number of amides is 1. The van der Waals surface area contributed by atoms with Crippen molar-refractivity contribution in [2.75, 3.05) is 20.8 Å². The number of carbonyl (C=O) groups is 1. The fourth-order valence-electron chi connectivity index (χ4n) is 4.02. The number of ether oxygens (including phenoxy) is 3. The summed E-state index contributed by atoms with van der Waals surface area (Å²) in [6.45, 7) is 5.74. The van der Waals surface area contributed by atoms with Gasteiger partial charge in [0.05, 0.1) is 38.4 Å². The number of para-hydroxylation sites is 2. The summed E-state index contributed by atoms with van der Waals surface area (Å²) >= 11 is 0. The van der Waals surface area contributed by atoms with E-state index < -0.39 is 0 Å². The maximum atomic E-state index is 12.8. The Morgan fingerprint density at radius 1 is 0.943 bits per heavy atom. The molecule has 1 amide bonds. The minimum Gasteiger partial charge on any atom is -0.493 e. The van der Waals surface area contributed by atoms with Crippen LogP contribution in [-0.4, -0.2) is 36.3 Å². The van der Waals surface area contributed by atoms with Gasteiger partial charge in [0.2, 0.25) is 0 Å². The van der Waals surface area contributed by atoms with Crippen molar-refractivity contribution < 1.29 is 19.0 Å². The van der Waals surface area contributed by atoms with E-state index in [2.05, 4.69) is 41.9 Å². The second kappa shape index (κ2) is 11.0. The molecule has 4 aromatic rings. The van der Waals surface area contributed by atoms with E-state index in [1.807, 2.05) is 24.3 Å². The molecule has 0 bridgehead atoms. The molecular weight excluding hydrogens is 442 g/mol. The Labute approximate surface area is 205 Å². The van der Waals surface area contributed by atoms with Gasteiger partial charge in [-0.1, -0.05) is 24.3 Å². The predicted octanol–water partition coefficient (Wildman–Crippen LogP) is 5.07. The number of hydrogen-bond donors (Lipinski definition) is 1. The number of benzene rings is 3. The van der Waals surface area contributed by atoms with Gasteiger partial charge in [0, 0.05) is 12.1 Å². The van der Waals surface area contributed by atoms with Gasteiger partial charge in [-0.05, 0) is 67.8 Å². The van der Waals surface area contributed by atoms with Crippen LogP contribution < -0.4 is 19.5 Å². The first-order chi connectivity index (χ1) is 17.0. The standard InChI is InChI=1S/C28H31N3O4/c1-19-10-11-20(2)25(16-19)35-15-7-14-31-23-9-6-5-8-22(23)30-27(31)18-29-28(32)21-12-13-24(33-3)26(17-21)34-4/h5-6,8-13,16-17H,7,14-15,18H2,1-4H3,(H,29,32). The minimum absolute atomic E-state index is 0.206. The van der Waals surface area contributed by atoms with Crippen LogP contribution in [0, 0.1) is 13.8 Å². The van der Waals surface area contributed by atoms with Gasteiger partial charge in [-0.2, -0.15) is 0 Å². The third kappa shape index (κ3) is 5.57. The van der Waals surface area contributed by atoms with Gasteiger partial charge in [-0.15, -0.1) is 0 Å². The summed E-state index contributed by atoms with van der Waals surface area (Å²) in [5, 5.41) is 2.99. The second-order valence-corrected chi connectivity index (χ2v) is 8.39. The van der Waals surface area contributed by atoms with Crippen molar-refractivity contribution in [2.24, 2.45) is 0 Å². The maximum absolute atomic E-state index is 12.8. The van der Waals surface area contributed by atoms with Gasteiger partial charge in [0.1, 0.15) is 11.6 Å². The fourth-order valence-corrected chi connectivity index (χ4v) is 4.02. The van der Waals surface area contributed by atoms with E-state index in [0.717, 1.165) is 41.1 Å². The van der Waals surface area contributed by atoms with Crippen molar-refractivity contribution >= 4 is 16.9 Å². The molecule has 4 rings (SSSR count). The summed E-state index contributed by atoms with van der Waals surface area (Å²) in [5.74, 6) is 2.60. The Bertz CT molecular complexity index is 1330. The van der Waals surface area contributed by atoms with Crippen molar-refractivity contribution in [3.05, 3.63) is 83.2 Å². The van der Waals surface area contributed by atoms with Crippen LogP contribution in [0.15, 0.2) is 60.7 Å². The highest BCUT2D eigenvalue weighted by molar-refractivity contribution is 5.94. The smallest absolute Gasteiger partial charge is 0.251 e. The molecule has 1 aromatic heterocycles. The molecule has 0 fully saturated rings. The Morgan fingerprint density at radius 3 is 2.54 bits per heavy atom. The van der Waals surface area contributed by atoms with Crippen LogP contribution >= 0.6 is 0 Å². The molecule has 0 aliphatic heterocycles. The number of aryl methyl sites for hydroxylation is 3. The Balaban J connectivity index is 1.44. The Kier molecular flexibility index (Phi) is 7.55. The maximum Gasteiger partial charge on any atom is 0.251 e. The summed E-state index contributed by atoms with van der Waals surface area (Å²) in [6, 6.07) is 19.3. The summed E-state index contributed by atoms with van der Waals surface area (Å²) in [6.07, 6.45) is 0.810. The average molecular weight is 474 g/mol. The van der Waals surface area contributed by atoms with Crippen LogP contribution in [0.3, 0.4) is 0 Å². The van der Waals surface area contributed by atoms with Crippen molar-refractivity contribution in [1.29, 1.82) is 0 Å². The third-order valence-electron chi connectivity index (χ3n) is 5.91. The zero-order valence-electron chi connectivity index (χ0n) is 20.6. The molecule has 182 valence electrons. The van der Waals surface area contributed by atoms with Gasteiger partial charge < -0.3 is 24.1 Å². The van der Waals surface area contributed by atoms with Gasteiger partial charge >= 0.3 is 0 Å². The molecule has 1 heterocycles. The highest BCUT2D eigenvalue weighted by atomic mass is 16.5. The first-order valence-corrected chi connectivity index (χ1v) is 11.6. The number of fused-ring (bicyclic) bond motifs is 1. The zero-order valence-corrected chi connectivity index (χ0v) is 20.6. The molecule has 0 saturated heterocycles. The number of rotatable bonds is 10. The lowest BCUT2D eigenvalue weighted by Gasteiger charge is -2.13. The molecule has 1 N–H and O–H groups in total. The van der Waals surface area contributed by atoms with Crippen LogP contribution in [0.4, 0.5) is 0 Å². The van der Waals surface area contributed by atoms with Crippen LogP contribution in [0.25, 0.3) is 11.0 Å². The molecule has 0 saturated carbocycles. The molecule has 3 aromatic carbocycles. The van der Waals surface area contributed by atoms with Crippen LogP contribution in [0.5, 0.6) is 17.2 Å². The summed E-state index contributed by atoms with van der Waals surface area (Å²) in [7, 11) is 3.11. The lowest BCUT2D eigenvalue weighted by molar-refractivity contribution is 0.0949. The average Bonchev–Trinajstić information content (AvgIpc) is 3.23. The number of imidazole rings is 1. The van der Waals surface area contributed by atoms with E-state index in [4.69, 9.17) is 19.2 Å². The second-order valence-electron chi connectivity index (χ2n) is 8.39. The van der Waals surface area contributed by atoms with E-state index >= 15 is 0 Å². The lowest BCUT2D eigenvalue weighted by atomic mass is 10.1. The SMILES string of the molecule is COc1ccc(C(=O)NCc2nc3ccccc3n2CCCOc2cc(C)ccc2C)cc1OC. The topological polar surface area (TPSA) is 74.6 Å². The number of hydrogen-bond acceptors (Lipinski definition) is 5. The number of nitrogens with zero attached hydrogens (tertiary/aromatic N) is 2. The Hall–Kier alpha value is -4.00.